The van der Waals surface area contributed by atoms with E-state index in [0.29, 0.717) is 6.10 Å². The summed E-state index contributed by atoms with van der Waals surface area (Å²) in [4.78, 5) is 11.0. The summed E-state index contributed by atoms with van der Waals surface area (Å²) in [6, 6.07) is 0. The van der Waals surface area contributed by atoms with E-state index in [-0.39, 0.29) is 0 Å². The van der Waals surface area contributed by atoms with Crippen molar-refractivity contribution in [3.8, 4) is 0 Å². The molecule has 88 valence electrons. The van der Waals surface area contributed by atoms with Crippen molar-refractivity contribution in [2.45, 2.75) is 19.1 Å². The van der Waals surface area contributed by atoms with Crippen LogP contribution in [0.15, 0.2) is 12.4 Å². The van der Waals surface area contributed by atoms with Crippen LogP contribution in [0.5, 0.6) is 0 Å². The monoisotopic (exact) mass is 222 g/mol. The second-order valence-corrected chi connectivity index (χ2v) is 3.99. The molecule has 0 saturated carbocycles. The Morgan fingerprint density at radius 1 is 1.56 bits per heavy atom. The first-order chi connectivity index (χ1) is 7.83. The molecule has 0 bridgehead atoms. The molecule has 2 rings (SSSR count). The molecular formula is C11H18N4O. The van der Waals surface area contributed by atoms with Gasteiger partial charge in [-0.25, -0.2) is 4.98 Å². The number of aromatic nitrogens is 2. The molecule has 1 aliphatic rings. The summed E-state index contributed by atoms with van der Waals surface area (Å²) in [5.74, 6) is 0.951. The first kappa shape index (κ1) is 11.3. The second kappa shape index (κ2) is 5.23. The van der Waals surface area contributed by atoms with E-state index >= 15 is 0 Å². The molecular weight excluding hydrogens is 204 g/mol. The van der Waals surface area contributed by atoms with E-state index in [4.69, 9.17) is 4.74 Å². The van der Waals surface area contributed by atoms with Crippen LogP contribution < -0.4 is 10.2 Å². The third-order valence-corrected chi connectivity index (χ3v) is 2.83. The van der Waals surface area contributed by atoms with Gasteiger partial charge in [0.1, 0.15) is 5.82 Å². The lowest BCUT2D eigenvalue weighted by Crippen LogP contribution is -2.24. The normalized spacial score (nSPS) is 20.4. The molecule has 1 aromatic rings. The second-order valence-electron chi connectivity index (χ2n) is 3.99. The maximum atomic E-state index is 5.34. The van der Waals surface area contributed by atoms with Crippen molar-refractivity contribution in [3.05, 3.63) is 18.1 Å². The number of anilines is 1. The fraction of sp³-hybridized carbons (Fsp3) is 0.636. The molecule has 0 aromatic carbocycles. The van der Waals surface area contributed by atoms with Crippen LogP contribution in [0.25, 0.3) is 0 Å². The van der Waals surface area contributed by atoms with E-state index in [2.05, 4.69) is 20.2 Å². The number of ether oxygens (including phenoxy) is 1. The zero-order valence-corrected chi connectivity index (χ0v) is 9.81. The minimum atomic E-state index is 0.328. The predicted octanol–water partition coefficient (Wildman–Crippen LogP) is 0.421. The van der Waals surface area contributed by atoms with Gasteiger partial charge in [-0.1, -0.05) is 0 Å². The Morgan fingerprint density at radius 3 is 3.12 bits per heavy atom. The van der Waals surface area contributed by atoms with Gasteiger partial charge in [0.05, 0.1) is 18.0 Å². The van der Waals surface area contributed by atoms with Crippen molar-refractivity contribution < 1.29 is 4.74 Å². The van der Waals surface area contributed by atoms with E-state index in [0.717, 1.165) is 37.6 Å². The Morgan fingerprint density at radius 2 is 2.44 bits per heavy atom. The van der Waals surface area contributed by atoms with Crippen molar-refractivity contribution in [1.29, 1.82) is 0 Å². The van der Waals surface area contributed by atoms with Gasteiger partial charge in [-0.05, 0) is 13.5 Å². The molecule has 2 heterocycles. The number of hydrogen-bond donors (Lipinski definition) is 1. The molecule has 1 unspecified atom stereocenters. The van der Waals surface area contributed by atoms with Crippen molar-refractivity contribution in [3.63, 3.8) is 0 Å². The van der Waals surface area contributed by atoms with Crippen LogP contribution in [0, 0.1) is 0 Å². The summed E-state index contributed by atoms with van der Waals surface area (Å²) in [6.07, 6.45) is 5.00. The van der Waals surface area contributed by atoms with Gasteiger partial charge in [0, 0.05) is 32.9 Å². The first-order valence-corrected chi connectivity index (χ1v) is 5.56. The molecule has 5 heteroatoms. The Hall–Kier alpha value is -1.20. The zero-order valence-electron chi connectivity index (χ0n) is 9.81. The Kier molecular flexibility index (Phi) is 3.69. The van der Waals surface area contributed by atoms with E-state index in [1.165, 1.54) is 0 Å². The molecule has 1 fully saturated rings. The van der Waals surface area contributed by atoms with Gasteiger partial charge in [0.15, 0.2) is 0 Å². The summed E-state index contributed by atoms with van der Waals surface area (Å²) >= 11 is 0. The number of rotatable bonds is 4. The van der Waals surface area contributed by atoms with Crippen LogP contribution in [0.4, 0.5) is 5.82 Å². The summed E-state index contributed by atoms with van der Waals surface area (Å²) in [5, 5.41) is 3.08. The summed E-state index contributed by atoms with van der Waals surface area (Å²) in [7, 11) is 3.67. The summed E-state index contributed by atoms with van der Waals surface area (Å²) in [6.45, 7) is 2.66. The third-order valence-electron chi connectivity index (χ3n) is 2.83. The highest BCUT2D eigenvalue weighted by molar-refractivity contribution is 5.38. The van der Waals surface area contributed by atoms with E-state index in [9.17, 15) is 0 Å². The van der Waals surface area contributed by atoms with E-state index < -0.39 is 0 Å². The highest BCUT2D eigenvalue weighted by atomic mass is 16.5. The van der Waals surface area contributed by atoms with Gasteiger partial charge in [-0.15, -0.1) is 0 Å². The molecule has 0 aliphatic carbocycles. The van der Waals surface area contributed by atoms with Gasteiger partial charge in [0.25, 0.3) is 0 Å². The van der Waals surface area contributed by atoms with Crippen molar-refractivity contribution in [1.82, 2.24) is 15.3 Å². The van der Waals surface area contributed by atoms with Gasteiger partial charge in [-0.3, -0.25) is 4.98 Å². The number of methoxy groups -OCH3 is 1. The minimum Gasteiger partial charge on any atom is -0.380 e. The van der Waals surface area contributed by atoms with E-state index in [1.807, 2.05) is 13.2 Å². The summed E-state index contributed by atoms with van der Waals surface area (Å²) < 4.78 is 5.34. The highest BCUT2D eigenvalue weighted by Crippen LogP contribution is 2.18. The van der Waals surface area contributed by atoms with Crippen LogP contribution >= 0.6 is 0 Å². The third kappa shape index (κ3) is 2.48. The topological polar surface area (TPSA) is 50.3 Å². The number of hydrogen-bond acceptors (Lipinski definition) is 5. The fourth-order valence-corrected chi connectivity index (χ4v) is 1.94. The van der Waals surface area contributed by atoms with Crippen LogP contribution in [0.3, 0.4) is 0 Å². The van der Waals surface area contributed by atoms with Crippen LogP contribution in [0.1, 0.15) is 12.1 Å². The lowest BCUT2D eigenvalue weighted by Gasteiger charge is -2.17. The lowest BCUT2D eigenvalue weighted by molar-refractivity contribution is 0.121. The Balaban J connectivity index is 2.06. The Bertz CT molecular complexity index is 345. The predicted molar refractivity (Wildman–Crippen MR) is 62.4 cm³/mol. The maximum Gasteiger partial charge on any atom is 0.147 e. The van der Waals surface area contributed by atoms with Crippen molar-refractivity contribution in [2.75, 3.05) is 32.1 Å². The molecule has 0 amide bonds. The van der Waals surface area contributed by atoms with Gasteiger partial charge < -0.3 is 15.0 Å². The van der Waals surface area contributed by atoms with Crippen LogP contribution in [-0.4, -0.2) is 43.3 Å². The SMILES string of the molecule is CNCc1cncc(N2CCC(OC)C2)n1. The van der Waals surface area contributed by atoms with Crippen molar-refractivity contribution in [2.24, 2.45) is 0 Å². The molecule has 1 aliphatic heterocycles. The maximum absolute atomic E-state index is 5.34. The van der Waals surface area contributed by atoms with Gasteiger partial charge in [-0.2, -0.15) is 0 Å². The average Bonchev–Trinajstić information content (AvgIpc) is 2.78. The molecule has 16 heavy (non-hydrogen) atoms. The number of nitrogens with one attached hydrogen (secondary N) is 1. The lowest BCUT2D eigenvalue weighted by atomic mass is 10.3. The molecule has 1 atom stereocenters. The van der Waals surface area contributed by atoms with E-state index in [1.54, 1.807) is 13.3 Å². The standard InChI is InChI=1S/C11H18N4O/c1-12-5-9-6-13-7-11(14-9)15-4-3-10(8-15)16-2/h6-7,10,12H,3-5,8H2,1-2H3. The largest absolute Gasteiger partial charge is 0.380 e. The fourth-order valence-electron chi connectivity index (χ4n) is 1.94. The molecule has 0 spiro atoms. The molecule has 5 nitrogen and oxygen atoms in total. The smallest absolute Gasteiger partial charge is 0.147 e. The van der Waals surface area contributed by atoms with Crippen molar-refractivity contribution >= 4 is 5.82 Å². The van der Waals surface area contributed by atoms with Crippen LogP contribution in [0.2, 0.25) is 0 Å². The van der Waals surface area contributed by atoms with Gasteiger partial charge >= 0.3 is 0 Å². The summed E-state index contributed by atoms with van der Waals surface area (Å²) in [5.41, 5.74) is 0.973. The molecule has 1 saturated heterocycles. The minimum absolute atomic E-state index is 0.328. The van der Waals surface area contributed by atoms with Crippen LogP contribution in [-0.2, 0) is 11.3 Å². The quantitative estimate of drug-likeness (QED) is 0.800. The molecule has 0 radical (unpaired) electrons. The molecule has 1 N–H and O–H groups in total. The zero-order chi connectivity index (χ0) is 11.4. The Labute approximate surface area is 95.8 Å². The first-order valence-electron chi connectivity index (χ1n) is 5.56. The average molecular weight is 222 g/mol. The highest BCUT2D eigenvalue weighted by Gasteiger charge is 2.23. The number of nitrogens with zero attached hydrogens (tertiary/aromatic N) is 3. The molecule has 1 aromatic heterocycles. The van der Waals surface area contributed by atoms with Gasteiger partial charge in [0.2, 0.25) is 0 Å².